The van der Waals surface area contributed by atoms with Crippen molar-refractivity contribution in [2.45, 2.75) is 89.3 Å². The normalized spacial score (nSPS) is 33.5. The SMILES string of the molecule is C[C@]12C[C@H](O)[C@@]3(F)[C@@H](C[C@H](F)C4=CC(=O)C=C[C@@]43C)C1CC[C@@H]2C(=O)COC(=O)C1CCCC1C(=O)OCc1ccc([C@@H](CN)C(=O)Nc2ccc3cnccc3c2)cc1. The number of benzene rings is 2. The van der Waals surface area contributed by atoms with Gasteiger partial charge < -0.3 is 25.6 Å². The number of rotatable bonds is 11. The number of aromatic nitrogens is 1. The van der Waals surface area contributed by atoms with E-state index in [2.05, 4.69) is 10.3 Å². The van der Waals surface area contributed by atoms with Gasteiger partial charge in [-0.15, -0.1) is 0 Å². The van der Waals surface area contributed by atoms with E-state index in [1.54, 1.807) is 43.6 Å². The predicted octanol–water partition coefficient (Wildman–Crippen LogP) is 6.42. The summed E-state index contributed by atoms with van der Waals surface area (Å²) in [6.45, 7) is 2.88. The third kappa shape index (κ3) is 7.06. The zero-order chi connectivity index (χ0) is 42.6. The highest BCUT2D eigenvalue weighted by Crippen LogP contribution is 2.69. The Morgan fingerprint density at radius 3 is 2.43 bits per heavy atom. The van der Waals surface area contributed by atoms with E-state index in [0.29, 0.717) is 48.9 Å². The predicted molar refractivity (Wildman–Crippen MR) is 217 cm³/mol. The summed E-state index contributed by atoms with van der Waals surface area (Å²) in [5, 5.41) is 16.4. The van der Waals surface area contributed by atoms with E-state index in [4.69, 9.17) is 15.2 Å². The molecule has 13 heteroatoms. The maximum atomic E-state index is 17.4. The van der Waals surface area contributed by atoms with Crippen LogP contribution in [-0.2, 0) is 40.1 Å². The highest BCUT2D eigenvalue weighted by atomic mass is 19.1. The number of nitrogens with one attached hydrogen (secondary N) is 1. The zero-order valence-electron chi connectivity index (χ0n) is 33.8. The van der Waals surface area contributed by atoms with Crippen LogP contribution >= 0.6 is 0 Å². The number of amides is 1. The molecule has 11 atom stereocenters. The summed E-state index contributed by atoms with van der Waals surface area (Å²) in [5.41, 5.74) is 3.49. The van der Waals surface area contributed by atoms with Crippen molar-refractivity contribution in [2.24, 2.45) is 46.2 Å². The first-order chi connectivity index (χ1) is 28.7. The number of nitrogens with two attached hydrogens (primary N) is 1. The van der Waals surface area contributed by atoms with Gasteiger partial charge in [-0.2, -0.15) is 0 Å². The molecule has 0 spiro atoms. The third-order valence-electron chi connectivity index (χ3n) is 14.7. The van der Waals surface area contributed by atoms with E-state index in [1.165, 1.54) is 12.2 Å². The number of fused-ring (bicyclic) bond motifs is 6. The molecular weight excluding hydrogens is 773 g/mol. The van der Waals surface area contributed by atoms with Gasteiger partial charge in [0.2, 0.25) is 5.91 Å². The molecule has 11 nitrogen and oxygen atoms in total. The summed E-state index contributed by atoms with van der Waals surface area (Å²) in [4.78, 5) is 69.9. The molecule has 0 bridgehead atoms. The van der Waals surface area contributed by atoms with Gasteiger partial charge in [0.15, 0.2) is 17.2 Å². The fourth-order valence-corrected chi connectivity index (χ4v) is 11.5. The Morgan fingerprint density at radius 2 is 1.70 bits per heavy atom. The van der Waals surface area contributed by atoms with Gasteiger partial charge in [-0.25, -0.2) is 8.78 Å². The van der Waals surface area contributed by atoms with Crippen molar-refractivity contribution in [3.8, 4) is 0 Å². The molecule has 4 N–H and O–H groups in total. The van der Waals surface area contributed by atoms with Gasteiger partial charge in [0.1, 0.15) is 19.4 Å². The second-order valence-electron chi connectivity index (χ2n) is 17.9. The summed E-state index contributed by atoms with van der Waals surface area (Å²) in [6, 6.07) is 14.5. The smallest absolute Gasteiger partial charge is 0.310 e. The van der Waals surface area contributed by atoms with Crippen LogP contribution in [0.5, 0.6) is 0 Å². The lowest BCUT2D eigenvalue weighted by atomic mass is 9.45. The minimum Gasteiger partial charge on any atom is -0.461 e. The molecule has 5 aliphatic carbocycles. The van der Waals surface area contributed by atoms with Crippen LogP contribution in [0.2, 0.25) is 0 Å². The number of aliphatic hydroxyl groups excluding tert-OH is 1. The van der Waals surface area contributed by atoms with Crippen LogP contribution in [0.15, 0.2) is 84.7 Å². The summed E-state index contributed by atoms with van der Waals surface area (Å²) < 4.78 is 44.3. The Balaban J connectivity index is 0.844. The van der Waals surface area contributed by atoms with E-state index in [9.17, 15) is 29.1 Å². The maximum Gasteiger partial charge on any atom is 0.310 e. The van der Waals surface area contributed by atoms with E-state index in [-0.39, 0.29) is 43.3 Å². The molecule has 3 unspecified atom stereocenters. The average Bonchev–Trinajstić information content (AvgIpc) is 3.87. The quantitative estimate of drug-likeness (QED) is 0.183. The Labute approximate surface area is 347 Å². The first-order valence-corrected chi connectivity index (χ1v) is 20.9. The molecule has 1 amide bonds. The molecule has 0 saturated heterocycles. The van der Waals surface area contributed by atoms with Crippen LogP contribution in [0.4, 0.5) is 14.5 Å². The largest absolute Gasteiger partial charge is 0.461 e. The molecule has 4 fully saturated rings. The number of esters is 2. The molecule has 0 aliphatic heterocycles. The number of ketones is 2. The fourth-order valence-electron chi connectivity index (χ4n) is 11.5. The van der Waals surface area contributed by atoms with Gasteiger partial charge in [-0.1, -0.05) is 49.8 Å². The van der Waals surface area contributed by atoms with Gasteiger partial charge in [0.25, 0.3) is 0 Å². The van der Waals surface area contributed by atoms with Gasteiger partial charge in [-0.05, 0) is 109 Å². The number of Topliss-reactive ketones (excluding diaryl/α,β-unsaturated/α-hetero) is 1. The molecular formula is C47H51F2N3O8. The van der Waals surface area contributed by atoms with Gasteiger partial charge >= 0.3 is 11.9 Å². The van der Waals surface area contributed by atoms with Crippen LogP contribution in [0.3, 0.4) is 0 Å². The lowest BCUT2D eigenvalue weighted by molar-refractivity contribution is -0.202. The summed E-state index contributed by atoms with van der Waals surface area (Å²) in [5.74, 6) is -6.32. The topological polar surface area (TPSA) is 175 Å². The minimum absolute atomic E-state index is 0.0384. The molecule has 4 saturated carbocycles. The Kier molecular flexibility index (Phi) is 11.1. The first kappa shape index (κ1) is 41.6. The molecule has 316 valence electrons. The standard InChI is InChI=1S/C47H51F2N3O8/c1-45-21-41(55)47(49)37(20-39(48)38-19-31(53)14-16-46(38,47)2)35(45)12-13-36(45)40(54)25-60-44(58)33-5-3-4-32(33)43(57)59-24-26-6-8-27(9-7-26)34(22-50)42(56)52-30-11-10-29-23-51-17-15-28(29)18-30/h6-11,14-19,23,32-37,39,41,55H,3-5,12-13,20-22,24-25,50H2,1-2H3,(H,52,56)/t32?,33?,34-,35?,36-,37+,39+,41+,45+,46+,47+/m1/s1. The number of alkyl halides is 2. The molecule has 2 aromatic carbocycles. The molecule has 3 aromatic rings. The molecule has 5 aliphatic rings. The third-order valence-corrected chi connectivity index (χ3v) is 14.7. The van der Waals surface area contributed by atoms with Crippen LogP contribution in [0.25, 0.3) is 10.8 Å². The van der Waals surface area contributed by atoms with Crippen molar-refractivity contribution in [1.29, 1.82) is 0 Å². The average molecular weight is 824 g/mol. The van der Waals surface area contributed by atoms with E-state index >= 15 is 8.78 Å². The molecule has 60 heavy (non-hydrogen) atoms. The number of hydrogen-bond donors (Lipinski definition) is 3. The highest BCUT2D eigenvalue weighted by molar-refractivity contribution is 6.01. The van der Waals surface area contributed by atoms with Crippen molar-refractivity contribution in [3.63, 3.8) is 0 Å². The number of pyridine rings is 1. The zero-order valence-corrected chi connectivity index (χ0v) is 33.8. The second kappa shape index (κ2) is 16.0. The molecule has 1 heterocycles. The Morgan fingerprint density at radius 1 is 0.967 bits per heavy atom. The number of carbonyl (C=O) groups excluding carboxylic acids is 5. The Bertz CT molecular complexity index is 2280. The second-order valence-corrected chi connectivity index (χ2v) is 17.9. The van der Waals surface area contributed by atoms with Crippen molar-refractivity contribution in [3.05, 3.63) is 95.9 Å². The van der Waals surface area contributed by atoms with Crippen LogP contribution in [-0.4, -0.2) is 70.6 Å². The van der Waals surface area contributed by atoms with E-state index in [0.717, 1.165) is 16.8 Å². The van der Waals surface area contributed by atoms with Gasteiger partial charge in [0, 0.05) is 47.3 Å². The lowest BCUT2D eigenvalue weighted by Crippen LogP contribution is -2.68. The summed E-state index contributed by atoms with van der Waals surface area (Å²) in [7, 11) is 0. The Hall–Kier alpha value is -5.14. The number of hydrogen-bond acceptors (Lipinski definition) is 10. The first-order valence-electron chi connectivity index (χ1n) is 20.9. The fraction of sp³-hybridized carbons (Fsp3) is 0.489. The number of halogens is 2. The van der Waals surface area contributed by atoms with Crippen molar-refractivity contribution >= 4 is 45.9 Å². The minimum atomic E-state index is -2.23. The van der Waals surface area contributed by atoms with Crippen molar-refractivity contribution in [2.75, 3.05) is 18.5 Å². The van der Waals surface area contributed by atoms with Gasteiger partial charge in [0.05, 0.1) is 23.9 Å². The monoisotopic (exact) mass is 823 g/mol. The van der Waals surface area contributed by atoms with Gasteiger partial charge in [-0.3, -0.25) is 29.0 Å². The van der Waals surface area contributed by atoms with Crippen LogP contribution in [0, 0.1) is 40.4 Å². The molecule has 8 rings (SSSR count). The number of nitrogens with zero attached hydrogens (tertiary/aromatic N) is 1. The van der Waals surface area contributed by atoms with Crippen molar-refractivity contribution in [1.82, 2.24) is 4.98 Å². The van der Waals surface area contributed by atoms with Crippen molar-refractivity contribution < 1.29 is 47.3 Å². The number of aliphatic hydroxyl groups is 1. The number of allylic oxidation sites excluding steroid dienone is 4. The highest BCUT2D eigenvalue weighted by Gasteiger charge is 2.72. The lowest BCUT2D eigenvalue weighted by Gasteiger charge is -2.62. The van der Waals surface area contributed by atoms with Crippen LogP contribution in [0.1, 0.15) is 75.8 Å². The number of anilines is 1. The number of ether oxygens (including phenoxy) is 2. The maximum absolute atomic E-state index is 17.4. The van der Waals surface area contributed by atoms with Crippen LogP contribution < -0.4 is 11.1 Å². The summed E-state index contributed by atoms with van der Waals surface area (Å²) >= 11 is 0. The van der Waals surface area contributed by atoms with E-state index < -0.39 is 88.6 Å². The molecule has 1 aromatic heterocycles. The molecule has 0 radical (unpaired) electrons. The van der Waals surface area contributed by atoms with E-state index in [1.807, 2.05) is 31.2 Å². The number of carbonyl (C=O) groups is 5. The summed E-state index contributed by atoms with van der Waals surface area (Å²) in [6.07, 6.45) is 6.15.